The van der Waals surface area contributed by atoms with E-state index in [0.717, 1.165) is 6.42 Å². The van der Waals surface area contributed by atoms with Gasteiger partial charge in [-0.25, -0.2) is 0 Å². The molecule has 0 unspecified atom stereocenters. The molecule has 98 valence electrons. The van der Waals surface area contributed by atoms with E-state index in [1.54, 1.807) is 18.2 Å². The number of carbonyl (C=O) groups is 1. The molecule has 0 saturated heterocycles. The van der Waals surface area contributed by atoms with Gasteiger partial charge in [0.1, 0.15) is 0 Å². The van der Waals surface area contributed by atoms with E-state index in [1.807, 2.05) is 0 Å². The van der Waals surface area contributed by atoms with Crippen LogP contribution in [0.1, 0.15) is 43.0 Å². The van der Waals surface area contributed by atoms with Crippen LogP contribution in [0.25, 0.3) is 0 Å². The summed E-state index contributed by atoms with van der Waals surface area (Å²) in [5, 5.41) is 3.58. The van der Waals surface area contributed by atoms with E-state index in [4.69, 9.17) is 17.3 Å². The number of benzene rings is 1. The van der Waals surface area contributed by atoms with Crippen molar-refractivity contribution >= 4 is 23.2 Å². The van der Waals surface area contributed by atoms with E-state index in [1.165, 1.54) is 19.3 Å². The van der Waals surface area contributed by atoms with Gasteiger partial charge in [-0.05, 0) is 37.0 Å². The van der Waals surface area contributed by atoms with Crippen LogP contribution in [0, 0.1) is 5.92 Å². The fourth-order valence-electron chi connectivity index (χ4n) is 2.47. The van der Waals surface area contributed by atoms with Gasteiger partial charge in [0, 0.05) is 11.6 Å². The van der Waals surface area contributed by atoms with Crippen LogP contribution in [0.2, 0.25) is 5.02 Å². The fraction of sp³-hybridized carbons (Fsp3) is 0.500. The Bertz CT molecular complexity index is 447. The highest BCUT2D eigenvalue weighted by atomic mass is 35.5. The standard InChI is InChI=1S/C14H19ClN2O/c1-9-4-2-3-5-13(9)17-14(18)10-6-7-11(15)12(16)8-10/h6-9,13H,2-5,16H2,1H3,(H,17,18)/t9-,13-/m0/s1. The number of amides is 1. The normalized spacial score (nSPS) is 23.7. The van der Waals surface area contributed by atoms with Crippen molar-refractivity contribution in [1.29, 1.82) is 0 Å². The number of carbonyl (C=O) groups excluding carboxylic acids is 1. The highest BCUT2D eigenvalue weighted by Gasteiger charge is 2.23. The second-order valence-electron chi connectivity index (χ2n) is 5.08. The molecule has 0 aliphatic heterocycles. The molecular formula is C14H19ClN2O. The van der Waals surface area contributed by atoms with E-state index < -0.39 is 0 Å². The van der Waals surface area contributed by atoms with Gasteiger partial charge in [-0.2, -0.15) is 0 Å². The van der Waals surface area contributed by atoms with Crippen molar-refractivity contribution in [1.82, 2.24) is 5.32 Å². The highest BCUT2D eigenvalue weighted by Crippen LogP contribution is 2.24. The van der Waals surface area contributed by atoms with E-state index in [0.29, 0.717) is 22.2 Å². The van der Waals surface area contributed by atoms with Gasteiger partial charge in [0.2, 0.25) is 0 Å². The molecule has 1 saturated carbocycles. The van der Waals surface area contributed by atoms with Crippen LogP contribution >= 0.6 is 11.6 Å². The summed E-state index contributed by atoms with van der Waals surface area (Å²) in [5.74, 6) is 0.490. The molecule has 18 heavy (non-hydrogen) atoms. The second-order valence-corrected chi connectivity index (χ2v) is 5.49. The zero-order valence-corrected chi connectivity index (χ0v) is 11.3. The van der Waals surface area contributed by atoms with Crippen molar-refractivity contribution < 1.29 is 4.79 Å². The van der Waals surface area contributed by atoms with Crippen LogP contribution in [0.5, 0.6) is 0 Å². The first-order valence-corrected chi connectivity index (χ1v) is 6.81. The molecule has 0 spiro atoms. The molecule has 4 heteroatoms. The smallest absolute Gasteiger partial charge is 0.251 e. The molecule has 0 radical (unpaired) electrons. The molecule has 2 rings (SSSR count). The molecule has 0 aromatic heterocycles. The van der Waals surface area contributed by atoms with Crippen molar-refractivity contribution in [3.05, 3.63) is 28.8 Å². The Balaban J connectivity index is 2.04. The molecular weight excluding hydrogens is 248 g/mol. The predicted molar refractivity (Wildman–Crippen MR) is 74.8 cm³/mol. The number of hydrogen-bond acceptors (Lipinski definition) is 2. The van der Waals surface area contributed by atoms with Gasteiger partial charge in [-0.3, -0.25) is 4.79 Å². The van der Waals surface area contributed by atoms with Crippen LogP contribution in [0.3, 0.4) is 0 Å². The Kier molecular flexibility index (Phi) is 4.12. The highest BCUT2D eigenvalue weighted by molar-refractivity contribution is 6.33. The first-order valence-electron chi connectivity index (χ1n) is 6.44. The van der Waals surface area contributed by atoms with Crippen LogP contribution in [-0.2, 0) is 0 Å². The molecule has 0 heterocycles. The van der Waals surface area contributed by atoms with Crippen molar-refractivity contribution in [2.24, 2.45) is 5.92 Å². The van der Waals surface area contributed by atoms with Crippen molar-refractivity contribution in [3.8, 4) is 0 Å². The molecule has 1 aromatic carbocycles. The minimum absolute atomic E-state index is 0.0582. The number of nitrogens with one attached hydrogen (secondary N) is 1. The lowest BCUT2D eigenvalue weighted by atomic mass is 9.86. The minimum atomic E-state index is -0.0582. The minimum Gasteiger partial charge on any atom is -0.398 e. The summed E-state index contributed by atoms with van der Waals surface area (Å²) >= 11 is 5.84. The van der Waals surface area contributed by atoms with Gasteiger partial charge in [-0.1, -0.05) is 31.4 Å². The molecule has 1 amide bonds. The summed E-state index contributed by atoms with van der Waals surface area (Å²) in [7, 11) is 0. The summed E-state index contributed by atoms with van der Waals surface area (Å²) in [4.78, 5) is 12.1. The van der Waals surface area contributed by atoms with Crippen LogP contribution < -0.4 is 11.1 Å². The molecule has 1 aliphatic carbocycles. The van der Waals surface area contributed by atoms with Gasteiger partial charge in [0.25, 0.3) is 5.91 Å². The van der Waals surface area contributed by atoms with Gasteiger partial charge in [0.05, 0.1) is 10.7 Å². The summed E-state index contributed by atoms with van der Waals surface area (Å²) < 4.78 is 0. The maximum atomic E-state index is 12.1. The Morgan fingerprint density at radius 2 is 2.11 bits per heavy atom. The predicted octanol–water partition coefficient (Wildman–Crippen LogP) is 3.23. The van der Waals surface area contributed by atoms with Crippen LogP contribution in [-0.4, -0.2) is 11.9 Å². The number of nitrogens with two attached hydrogens (primary N) is 1. The SMILES string of the molecule is C[C@H]1CCCC[C@@H]1NC(=O)c1ccc(Cl)c(N)c1. The summed E-state index contributed by atoms with van der Waals surface area (Å²) in [6.07, 6.45) is 4.71. The van der Waals surface area contributed by atoms with E-state index in [2.05, 4.69) is 12.2 Å². The topological polar surface area (TPSA) is 55.1 Å². The van der Waals surface area contributed by atoms with Crippen molar-refractivity contribution in [2.45, 2.75) is 38.6 Å². The third-order valence-corrected chi connectivity index (χ3v) is 4.03. The fourth-order valence-corrected chi connectivity index (χ4v) is 2.58. The molecule has 1 aliphatic rings. The zero-order valence-electron chi connectivity index (χ0n) is 10.6. The van der Waals surface area contributed by atoms with Gasteiger partial charge < -0.3 is 11.1 Å². The quantitative estimate of drug-likeness (QED) is 0.808. The first kappa shape index (κ1) is 13.2. The number of halogens is 1. The summed E-state index contributed by atoms with van der Waals surface area (Å²) in [5.41, 5.74) is 6.73. The third kappa shape index (κ3) is 2.96. The zero-order chi connectivity index (χ0) is 13.1. The van der Waals surface area contributed by atoms with E-state index in [9.17, 15) is 4.79 Å². The lowest BCUT2D eigenvalue weighted by Crippen LogP contribution is -2.41. The summed E-state index contributed by atoms with van der Waals surface area (Å²) in [6, 6.07) is 5.28. The van der Waals surface area contributed by atoms with Gasteiger partial charge in [0.15, 0.2) is 0 Å². The Labute approximate surface area is 113 Å². The Morgan fingerprint density at radius 3 is 2.78 bits per heavy atom. The van der Waals surface area contributed by atoms with E-state index >= 15 is 0 Å². The molecule has 0 bridgehead atoms. The average Bonchev–Trinajstić information content (AvgIpc) is 2.35. The van der Waals surface area contributed by atoms with Gasteiger partial charge >= 0.3 is 0 Å². The van der Waals surface area contributed by atoms with Crippen LogP contribution in [0.4, 0.5) is 5.69 Å². The third-order valence-electron chi connectivity index (χ3n) is 3.69. The molecule has 1 fully saturated rings. The maximum absolute atomic E-state index is 12.1. The monoisotopic (exact) mass is 266 g/mol. The molecule has 2 atom stereocenters. The first-order chi connectivity index (χ1) is 8.58. The number of nitrogen functional groups attached to an aromatic ring is 1. The molecule has 1 aromatic rings. The number of rotatable bonds is 2. The molecule has 3 nitrogen and oxygen atoms in total. The Hall–Kier alpha value is -1.22. The maximum Gasteiger partial charge on any atom is 0.251 e. The molecule has 3 N–H and O–H groups in total. The van der Waals surface area contributed by atoms with Gasteiger partial charge in [-0.15, -0.1) is 0 Å². The second kappa shape index (κ2) is 5.61. The van der Waals surface area contributed by atoms with Crippen molar-refractivity contribution in [2.75, 3.05) is 5.73 Å². The number of hydrogen-bond donors (Lipinski definition) is 2. The van der Waals surface area contributed by atoms with E-state index in [-0.39, 0.29) is 11.9 Å². The van der Waals surface area contributed by atoms with Crippen LogP contribution in [0.15, 0.2) is 18.2 Å². The lowest BCUT2D eigenvalue weighted by molar-refractivity contribution is 0.0910. The average molecular weight is 267 g/mol. The number of anilines is 1. The lowest BCUT2D eigenvalue weighted by Gasteiger charge is -2.29. The largest absolute Gasteiger partial charge is 0.398 e. The Morgan fingerprint density at radius 1 is 1.39 bits per heavy atom. The van der Waals surface area contributed by atoms with Crippen molar-refractivity contribution in [3.63, 3.8) is 0 Å². The summed E-state index contributed by atoms with van der Waals surface area (Å²) in [6.45, 7) is 2.19.